The summed E-state index contributed by atoms with van der Waals surface area (Å²) in [5.41, 5.74) is 1.64. The fraction of sp³-hybridized carbons (Fsp3) is 0.182. The zero-order chi connectivity index (χ0) is 10.3. The fourth-order valence-electron chi connectivity index (χ4n) is 1.70. The number of benzene rings is 1. The van der Waals surface area contributed by atoms with Crippen molar-refractivity contribution in [2.75, 3.05) is 0 Å². The first-order chi connectivity index (χ1) is 6.61. The van der Waals surface area contributed by atoms with Gasteiger partial charge < -0.3 is 4.57 Å². The van der Waals surface area contributed by atoms with Crippen LogP contribution in [0.5, 0.6) is 0 Å². The molecule has 2 rings (SSSR count). The predicted octanol–water partition coefficient (Wildman–Crippen LogP) is 3.03. The molecule has 0 N–H and O–H groups in total. The number of halogens is 1. The van der Waals surface area contributed by atoms with Gasteiger partial charge in [0.05, 0.1) is 10.5 Å². The molecular formula is C11H10ClNO. The maximum atomic E-state index is 11.3. The Hall–Kier alpha value is -1.28. The summed E-state index contributed by atoms with van der Waals surface area (Å²) < 4.78 is 1.88. The molecular weight excluding hydrogens is 198 g/mol. The highest BCUT2D eigenvalue weighted by Crippen LogP contribution is 2.27. The molecule has 2 aromatic rings. The first-order valence-electron chi connectivity index (χ1n) is 4.35. The summed E-state index contributed by atoms with van der Waals surface area (Å²) in [4.78, 5) is 11.3. The van der Waals surface area contributed by atoms with Crippen molar-refractivity contribution in [1.82, 2.24) is 4.57 Å². The summed E-state index contributed by atoms with van der Waals surface area (Å²) >= 11 is 6.05. The Morgan fingerprint density at radius 2 is 2.14 bits per heavy atom. The number of fused-ring (bicyclic) bond motifs is 1. The number of aromatic nitrogens is 1. The normalized spacial score (nSPS) is 10.8. The van der Waals surface area contributed by atoms with Crippen molar-refractivity contribution in [3.63, 3.8) is 0 Å². The molecule has 0 aliphatic carbocycles. The molecule has 0 aliphatic heterocycles. The lowest BCUT2D eigenvalue weighted by Crippen LogP contribution is -1.88. The van der Waals surface area contributed by atoms with Gasteiger partial charge in [0.25, 0.3) is 0 Å². The number of rotatable bonds is 1. The van der Waals surface area contributed by atoms with Crippen LogP contribution in [0.3, 0.4) is 0 Å². The Kier molecular flexibility index (Phi) is 2.08. The van der Waals surface area contributed by atoms with E-state index in [9.17, 15) is 4.79 Å². The highest BCUT2D eigenvalue weighted by Gasteiger charge is 2.11. The van der Waals surface area contributed by atoms with E-state index < -0.39 is 0 Å². The van der Waals surface area contributed by atoms with Gasteiger partial charge in [-0.15, -0.1) is 0 Å². The molecule has 0 saturated carbocycles. The molecule has 0 saturated heterocycles. The standard InChI is InChI=1S/C11H10ClNO/c1-7(14)9-6-13(2)11-8(9)4-3-5-10(11)12/h3-6H,1-2H3. The Morgan fingerprint density at radius 1 is 1.43 bits per heavy atom. The summed E-state index contributed by atoms with van der Waals surface area (Å²) in [6.07, 6.45) is 1.82. The second-order valence-corrected chi connectivity index (χ2v) is 3.75. The number of aryl methyl sites for hydroxylation is 1. The Morgan fingerprint density at radius 3 is 2.79 bits per heavy atom. The van der Waals surface area contributed by atoms with Gasteiger partial charge in [0.2, 0.25) is 0 Å². The average molecular weight is 208 g/mol. The number of para-hydroxylation sites is 1. The minimum Gasteiger partial charge on any atom is -0.349 e. The third-order valence-electron chi connectivity index (χ3n) is 2.33. The fourth-order valence-corrected chi connectivity index (χ4v) is 2.01. The molecule has 1 aromatic carbocycles. The zero-order valence-corrected chi connectivity index (χ0v) is 8.80. The summed E-state index contributed by atoms with van der Waals surface area (Å²) in [7, 11) is 1.89. The molecule has 2 nitrogen and oxygen atoms in total. The number of hydrogen-bond donors (Lipinski definition) is 0. The molecule has 0 fully saturated rings. The molecule has 0 radical (unpaired) electrons. The van der Waals surface area contributed by atoms with Gasteiger partial charge in [-0.1, -0.05) is 23.7 Å². The Labute approximate surface area is 87.1 Å². The Balaban J connectivity index is 2.91. The van der Waals surface area contributed by atoms with E-state index in [2.05, 4.69) is 0 Å². The van der Waals surface area contributed by atoms with Gasteiger partial charge in [0.1, 0.15) is 0 Å². The monoisotopic (exact) mass is 207 g/mol. The van der Waals surface area contributed by atoms with Crippen LogP contribution in [0.25, 0.3) is 10.9 Å². The van der Waals surface area contributed by atoms with Crippen LogP contribution in [-0.4, -0.2) is 10.4 Å². The number of nitrogens with zero attached hydrogens (tertiary/aromatic N) is 1. The van der Waals surface area contributed by atoms with Crippen LogP contribution in [0.4, 0.5) is 0 Å². The average Bonchev–Trinajstić information content (AvgIpc) is 2.45. The van der Waals surface area contributed by atoms with Crippen LogP contribution < -0.4 is 0 Å². The van der Waals surface area contributed by atoms with E-state index in [1.54, 1.807) is 6.92 Å². The number of Topliss-reactive ketones (excluding diaryl/α,β-unsaturated/α-hetero) is 1. The first kappa shape index (κ1) is 9.28. The van der Waals surface area contributed by atoms with Gasteiger partial charge in [-0.3, -0.25) is 4.79 Å². The molecule has 0 bridgehead atoms. The van der Waals surface area contributed by atoms with Gasteiger partial charge in [0.15, 0.2) is 5.78 Å². The third kappa shape index (κ3) is 1.23. The number of carbonyl (C=O) groups excluding carboxylic acids is 1. The molecule has 0 spiro atoms. The van der Waals surface area contributed by atoms with Crippen molar-refractivity contribution in [1.29, 1.82) is 0 Å². The van der Waals surface area contributed by atoms with E-state index in [1.165, 1.54) is 0 Å². The molecule has 0 aliphatic rings. The van der Waals surface area contributed by atoms with E-state index in [4.69, 9.17) is 11.6 Å². The highest BCUT2D eigenvalue weighted by molar-refractivity contribution is 6.35. The second kappa shape index (κ2) is 3.14. The van der Waals surface area contributed by atoms with E-state index in [0.29, 0.717) is 5.02 Å². The van der Waals surface area contributed by atoms with Crippen LogP contribution >= 0.6 is 11.6 Å². The molecule has 0 unspecified atom stereocenters. The SMILES string of the molecule is CC(=O)c1cn(C)c2c(Cl)cccc12. The lowest BCUT2D eigenvalue weighted by Gasteiger charge is -1.97. The number of ketones is 1. The second-order valence-electron chi connectivity index (χ2n) is 3.35. The van der Waals surface area contributed by atoms with Crippen LogP contribution in [0.1, 0.15) is 17.3 Å². The van der Waals surface area contributed by atoms with Crippen LogP contribution in [-0.2, 0) is 7.05 Å². The maximum absolute atomic E-state index is 11.3. The van der Waals surface area contributed by atoms with E-state index >= 15 is 0 Å². The van der Waals surface area contributed by atoms with Crippen LogP contribution in [0.2, 0.25) is 5.02 Å². The quantitative estimate of drug-likeness (QED) is 0.659. The molecule has 72 valence electrons. The summed E-state index contributed by atoms with van der Waals surface area (Å²) in [5.74, 6) is 0.0675. The molecule has 3 heteroatoms. The molecule has 0 amide bonds. The van der Waals surface area contributed by atoms with Gasteiger partial charge >= 0.3 is 0 Å². The van der Waals surface area contributed by atoms with Gasteiger partial charge in [-0.05, 0) is 13.0 Å². The minimum absolute atomic E-state index is 0.0675. The van der Waals surface area contributed by atoms with Crippen molar-refractivity contribution in [2.24, 2.45) is 7.05 Å². The summed E-state index contributed by atoms with van der Waals surface area (Å²) in [6.45, 7) is 1.57. The lowest BCUT2D eigenvalue weighted by molar-refractivity contribution is 0.101. The lowest BCUT2D eigenvalue weighted by atomic mass is 10.1. The summed E-state index contributed by atoms with van der Waals surface area (Å²) in [6, 6.07) is 5.60. The van der Waals surface area contributed by atoms with Crippen LogP contribution in [0, 0.1) is 0 Å². The maximum Gasteiger partial charge on any atom is 0.161 e. The first-order valence-corrected chi connectivity index (χ1v) is 4.73. The van der Waals surface area contributed by atoms with E-state index in [1.807, 2.05) is 36.0 Å². The molecule has 14 heavy (non-hydrogen) atoms. The minimum atomic E-state index is 0.0675. The summed E-state index contributed by atoms with van der Waals surface area (Å²) in [5, 5.41) is 1.60. The van der Waals surface area contributed by atoms with E-state index in [-0.39, 0.29) is 5.78 Å². The van der Waals surface area contributed by atoms with Crippen molar-refractivity contribution >= 4 is 28.3 Å². The molecule has 1 heterocycles. The van der Waals surface area contributed by atoms with Gasteiger partial charge in [-0.25, -0.2) is 0 Å². The van der Waals surface area contributed by atoms with Crippen molar-refractivity contribution in [3.8, 4) is 0 Å². The molecule has 0 atom stereocenters. The number of hydrogen-bond acceptors (Lipinski definition) is 1. The van der Waals surface area contributed by atoms with E-state index in [0.717, 1.165) is 16.5 Å². The molecule has 1 aromatic heterocycles. The highest BCUT2D eigenvalue weighted by atomic mass is 35.5. The van der Waals surface area contributed by atoms with Gasteiger partial charge in [0, 0.05) is 24.2 Å². The third-order valence-corrected chi connectivity index (χ3v) is 2.64. The topological polar surface area (TPSA) is 22.0 Å². The van der Waals surface area contributed by atoms with Crippen molar-refractivity contribution in [2.45, 2.75) is 6.92 Å². The predicted molar refractivity (Wildman–Crippen MR) is 57.9 cm³/mol. The van der Waals surface area contributed by atoms with Gasteiger partial charge in [-0.2, -0.15) is 0 Å². The largest absolute Gasteiger partial charge is 0.349 e. The zero-order valence-electron chi connectivity index (χ0n) is 8.04. The van der Waals surface area contributed by atoms with Crippen LogP contribution in [0.15, 0.2) is 24.4 Å². The van der Waals surface area contributed by atoms with Crippen molar-refractivity contribution in [3.05, 3.63) is 35.0 Å². The smallest absolute Gasteiger partial charge is 0.161 e. The Bertz CT molecular complexity index is 513. The van der Waals surface area contributed by atoms with Crippen molar-refractivity contribution < 1.29 is 4.79 Å². The number of carbonyl (C=O) groups is 1.